The third-order valence-corrected chi connectivity index (χ3v) is 2.24. The van der Waals surface area contributed by atoms with Gasteiger partial charge >= 0.3 is 0 Å². The Morgan fingerprint density at radius 2 is 1.80 bits per heavy atom. The third-order valence-electron chi connectivity index (χ3n) is 2.24. The first-order valence-corrected chi connectivity index (χ1v) is 5.55. The zero-order valence-corrected chi connectivity index (χ0v) is 9.73. The van der Waals surface area contributed by atoms with E-state index in [-0.39, 0.29) is 12.2 Å². The van der Waals surface area contributed by atoms with Crippen LogP contribution in [0, 0.1) is 0 Å². The van der Waals surface area contributed by atoms with Gasteiger partial charge in [-0.25, -0.2) is 0 Å². The van der Waals surface area contributed by atoms with Crippen LogP contribution in [-0.2, 0) is 6.42 Å². The van der Waals surface area contributed by atoms with Crippen LogP contribution in [0.15, 0.2) is 24.3 Å². The van der Waals surface area contributed by atoms with Crippen molar-refractivity contribution < 1.29 is 9.84 Å². The Kier molecular flexibility index (Phi) is 4.63. The second-order valence-corrected chi connectivity index (χ2v) is 4.08. The molecule has 0 saturated heterocycles. The molecular formula is C13H20O2. The van der Waals surface area contributed by atoms with Gasteiger partial charge in [0.2, 0.25) is 0 Å². The first-order valence-electron chi connectivity index (χ1n) is 5.55. The Labute approximate surface area is 91.9 Å². The first kappa shape index (κ1) is 12.1. The summed E-state index contributed by atoms with van der Waals surface area (Å²) < 4.78 is 5.54. The van der Waals surface area contributed by atoms with Gasteiger partial charge in [-0.3, -0.25) is 0 Å². The Balaban J connectivity index is 2.56. The van der Waals surface area contributed by atoms with Crippen molar-refractivity contribution in [1.29, 1.82) is 0 Å². The van der Waals surface area contributed by atoms with Gasteiger partial charge in [0.1, 0.15) is 5.75 Å². The van der Waals surface area contributed by atoms with Crippen molar-refractivity contribution in [2.45, 2.75) is 45.8 Å². The van der Waals surface area contributed by atoms with Crippen LogP contribution in [0.5, 0.6) is 5.75 Å². The molecule has 0 amide bonds. The summed E-state index contributed by atoms with van der Waals surface area (Å²) in [7, 11) is 0. The second-order valence-electron chi connectivity index (χ2n) is 4.08. The molecule has 0 fully saturated rings. The van der Waals surface area contributed by atoms with Gasteiger partial charge in [0.05, 0.1) is 12.2 Å². The fourth-order valence-electron chi connectivity index (χ4n) is 1.39. The SMILES string of the molecule is CCC(O)Cc1ccc(OC(C)C)cc1. The number of hydrogen-bond donors (Lipinski definition) is 1. The van der Waals surface area contributed by atoms with Gasteiger partial charge in [-0.05, 0) is 44.4 Å². The van der Waals surface area contributed by atoms with Crippen molar-refractivity contribution in [2.75, 3.05) is 0 Å². The van der Waals surface area contributed by atoms with Crippen LogP contribution < -0.4 is 4.74 Å². The van der Waals surface area contributed by atoms with E-state index in [1.807, 2.05) is 45.0 Å². The van der Waals surface area contributed by atoms with Crippen molar-refractivity contribution in [3.8, 4) is 5.75 Å². The molecule has 0 aliphatic carbocycles. The van der Waals surface area contributed by atoms with Gasteiger partial charge < -0.3 is 9.84 Å². The van der Waals surface area contributed by atoms with Gasteiger partial charge in [-0.2, -0.15) is 0 Å². The molecule has 0 aliphatic rings. The number of aliphatic hydroxyl groups excluding tert-OH is 1. The Bertz CT molecular complexity index is 277. The maximum atomic E-state index is 9.49. The molecule has 1 rings (SSSR count). The molecule has 1 atom stereocenters. The van der Waals surface area contributed by atoms with Crippen molar-refractivity contribution >= 4 is 0 Å². The monoisotopic (exact) mass is 208 g/mol. The van der Waals surface area contributed by atoms with E-state index >= 15 is 0 Å². The van der Waals surface area contributed by atoms with Gasteiger partial charge in [0.15, 0.2) is 0 Å². The molecule has 15 heavy (non-hydrogen) atoms. The minimum Gasteiger partial charge on any atom is -0.491 e. The van der Waals surface area contributed by atoms with Crippen LogP contribution in [0.3, 0.4) is 0 Å². The summed E-state index contributed by atoms with van der Waals surface area (Å²) in [5.74, 6) is 0.889. The zero-order valence-electron chi connectivity index (χ0n) is 9.73. The number of aliphatic hydroxyl groups is 1. The van der Waals surface area contributed by atoms with E-state index in [2.05, 4.69) is 0 Å². The van der Waals surface area contributed by atoms with Crippen LogP contribution in [-0.4, -0.2) is 17.3 Å². The highest BCUT2D eigenvalue weighted by Crippen LogP contribution is 2.15. The molecule has 0 saturated carbocycles. The van der Waals surface area contributed by atoms with Gasteiger partial charge in [-0.15, -0.1) is 0 Å². The van der Waals surface area contributed by atoms with Gasteiger partial charge in [0, 0.05) is 0 Å². The Morgan fingerprint density at radius 3 is 2.27 bits per heavy atom. The molecule has 1 aromatic carbocycles. The van der Waals surface area contributed by atoms with Crippen LogP contribution in [0.1, 0.15) is 32.8 Å². The Hall–Kier alpha value is -1.02. The number of benzene rings is 1. The number of rotatable bonds is 5. The number of hydrogen-bond acceptors (Lipinski definition) is 2. The predicted octanol–water partition coefficient (Wildman–Crippen LogP) is 2.79. The molecule has 1 unspecified atom stereocenters. The smallest absolute Gasteiger partial charge is 0.119 e. The third kappa shape index (κ3) is 4.34. The molecule has 2 nitrogen and oxygen atoms in total. The molecule has 0 radical (unpaired) electrons. The standard InChI is InChI=1S/C13H20O2/c1-4-12(14)9-11-5-7-13(8-6-11)15-10(2)3/h5-8,10,12,14H,4,9H2,1-3H3. The fraction of sp³-hybridized carbons (Fsp3) is 0.538. The lowest BCUT2D eigenvalue weighted by molar-refractivity contribution is 0.170. The van der Waals surface area contributed by atoms with Gasteiger partial charge in [-0.1, -0.05) is 19.1 Å². The molecule has 84 valence electrons. The summed E-state index contributed by atoms with van der Waals surface area (Å²) in [5, 5.41) is 9.49. The maximum Gasteiger partial charge on any atom is 0.119 e. The predicted molar refractivity (Wildman–Crippen MR) is 62.2 cm³/mol. The second kappa shape index (κ2) is 5.76. The lowest BCUT2D eigenvalue weighted by Crippen LogP contribution is -2.08. The molecule has 0 aliphatic heterocycles. The Morgan fingerprint density at radius 1 is 1.20 bits per heavy atom. The quantitative estimate of drug-likeness (QED) is 0.806. The van der Waals surface area contributed by atoms with E-state index < -0.39 is 0 Å². The molecule has 2 heteroatoms. The lowest BCUT2D eigenvalue weighted by atomic mass is 10.1. The minimum absolute atomic E-state index is 0.206. The topological polar surface area (TPSA) is 29.5 Å². The van der Waals surface area contributed by atoms with Crippen molar-refractivity contribution in [3.63, 3.8) is 0 Å². The van der Waals surface area contributed by atoms with E-state index in [1.54, 1.807) is 0 Å². The normalized spacial score (nSPS) is 12.9. The van der Waals surface area contributed by atoms with E-state index in [4.69, 9.17) is 4.74 Å². The molecule has 0 heterocycles. The van der Waals surface area contributed by atoms with E-state index in [1.165, 1.54) is 0 Å². The first-order chi connectivity index (χ1) is 7.11. The van der Waals surface area contributed by atoms with E-state index in [9.17, 15) is 5.11 Å². The highest BCUT2D eigenvalue weighted by Gasteiger charge is 2.03. The summed E-state index contributed by atoms with van der Waals surface area (Å²) in [4.78, 5) is 0. The minimum atomic E-state index is -0.234. The highest BCUT2D eigenvalue weighted by atomic mass is 16.5. The molecule has 1 aromatic rings. The van der Waals surface area contributed by atoms with E-state index in [0.29, 0.717) is 0 Å². The summed E-state index contributed by atoms with van der Waals surface area (Å²) in [6, 6.07) is 7.93. The highest BCUT2D eigenvalue weighted by molar-refractivity contribution is 5.27. The van der Waals surface area contributed by atoms with E-state index in [0.717, 1.165) is 24.2 Å². The molecule has 1 N–H and O–H groups in total. The molecule has 0 spiro atoms. The maximum absolute atomic E-state index is 9.49. The average Bonchev–Trinajstić information content (AvgIpc) is 2.20. The van der Waals surface area contributed by atoms with Crippen LogP contribution in [0.4, 0.5) is 0 Å². The lowest BCUT2D eigenvalue weighted by Gasteiger charge is -2.11. The van der Waals surface area contributed by atoms with Crippen molar-refractivity contribution in [1.82, 2.24) is 0 Å². The number of ether oxygens (including phenoxy) is 1. The average molecular weight is 208 g/mol. The summed E-state index contributed by atoms with van der Waals surface area (Å²) in [5.41, 5.74) is 1.15. The molecular weight excluding hydrogens is 188 g/mol. The van der Waals surface area contributed by atoms with Crippen LogP contribution in [0.25, 0.3) is 0 Å². The summed E-state index contributed by atoms with van der Waals surface area (Å²) in [6.45, 7) is 6.00. The largest absolute Gasteiger partial charge is 0.491 e. The van der Waals surface area contributed by atoms with Gasteiger partial charge in [0.25, 0.3) is 0 Å². The molecule has 0 aromatic heterocycles. The fourth-order valence-corrected chi connectivity index (χ4v) is 1.39. The van der Waals surface area contributed by atoms with Crippen LogP contribution >= 0.6 is 0 Å². The summed E-state index contributed by atoms with van der Waals surface area (Å²) >= 11 is 0. The molecule has 0 bridgehead atoms. The van der Waals surface area contributed by atoms with Crippen LogP contribution in [0.2, 0.25) is 0 Å². The zero-order chi connectivity index (χ0) is 11.3. The summed E-state index contributed by atoms with van der Waals surface area (Å²) in [6.07, 6.45) is 1.49. The van der Waals surface area contributed by atoms with Crippen molar-refractivity contribution in [2.24, 2.45) is 0 Å². The van der Waals surface area contributed by atoms with Crippen molar-refractivity contribution in [3.05, 3.63) is 29.8 Å².